The molecule has 0 saturated heterocycles. The first-order valence-corrected chi connectivity index (χ1v) is 9.99. The van der Waals surface area contributed by atoms with Crippen molar-refractivity contribution in [3.05, 3.63) is 63.2 Å². The fourth-order valence-electron chi connectivity index (χ4n) is 4.08. The van der Waals surface area contributed by atoms with Crippen molar-refractivity contribution in [3.63, 3.8) is 0 Å². The third kappa shape index (κ3) is 4.14. The summed E-state index contributed by atoms with van der Waals surface area (Å²) in [6.07, 6.45) is -2.45. The Morgan fingerprint density at radius 2 is 2.00 bits per heavy atom. The first-order chi connectivity index (χ1) is 15.5. The van der Waals surface area contributed by atoms with Gasteiger partial charge in [-0.2, -0.15) is 18.3 Å². The normalized spacial score (nSPS) is 23.1. The molecule has 0 saturated carbocycles. The van der Waals surface area contributed by atoms with Gasteiger partial charge in [-0.3, -0.25) is 14.7 Å². The van der Waals surface area contributed by atoms with Crippen molar-refractivity contribution in [1.29, 1.82) is 0 Å². The number of hydrogen-bond donors (Lipinski definition) is 2. The van der Waals surface area contributed by atoms with Crippen LogP contribution >= 0.6 is 0 Å². The molecule has 4 rings (SSSR count). The lowest BCUT2D eigenvalue weighted by Crippen LogP contribution is -2.47. The van der Waals surface area contributed by atoms with E-state index in [1.54, 1.807) is 0 Å². The molecule has 0 fully saturated rings. The molecular weight excluding hydrogens is 447 g/mol. The fraction of sp³-hybridized carbons (Fsp3) is 0.318. The Hall–Kier alpha value is -3.50. The van der Waals surface area contributed by atoms with E-state index >= 15 is 0 Å². The molecule has 6 nitrogen and oxygen atoms in total. The molecule has 1 aromatic carbocycles. The van der Waals surface area contributed by atoms with Gasteiger partial charge in [0, 0.05) is 35.9 Å². The predicted molar refractivity (Wildman–Crippen MR) is 108 cm³/mol. The maximum atomic E-state index is 14.7. The molecule has 2 aromatic rings. The van der Waals surface area contributed by atoms with Gasteiger partial charge in [0.1, 0.15) is 12.0 Å². The van der Waals surface area contributed by atoms with Gasteiger partial charge >= 0.3 is 6.18 Å². The zero-order valence-corrected chi connectivity index (χ0v) is 17.5. The van der Waals surface area contributed by atoms with Crippen molar-refractivity contribution in [2.45, 2.75) is 37.7 Å². The largest absolute Gasteiger partial charge is 0.416 e. The van der Waals surface area contributed by atoms with Gasteiger partial charge in [0.05, 0.1) is 23.2 Å². The zero-order valence-electron chi connectivity index (χ0n) is 17.5. The van der Waals surface area contributed by atoms with E-state index in [1.165, 1.54) is 37.2 Å². The number of benzene rings is 1. The summed E-state index contributed by atoms with van der Waals surface area (Å²) in [7, 11) is 1.43. The van der Waals surface area contributed by atoms with Crippen molar-refractivity contribution < 1.29 is 31.5 Å². The average molecular weight is 466 g/mol. The number of nitrogens with zero attached hydrogens (tertiary/aromatic N) is 2. The molecule has 0 bridgehead atoms. The number of nitrogens with one attached hydrogen (secondary N) is 2. The van der Waals surface area contributed by atoms with Gasteiger partial charge in [0.2, 0.25) is 11.8 Å². The number of amides is 2. The Bertz CT molecular complexity index is 1280. The second-order valence-corrected chi connectivity index (χ2v) is 7.96. The SMILES string of the molecule is CC1=C(C(=O)NC2C=c3cn[nH]c3=CC2F)C(c2ccc(C(F)(F)F)cc2F)CC(=O)N1C. The number of aromatic nitrogens is 2. The fourth-order valence-corrected chi connectivity index (χ4v) is 4.08. The second kappa shape index (κ2) is 8.13. The Morgan fingerprint density at radius 1 is 1.27 bits per heavy atom. The van der Waals surface area contributed by atoms with Crippen LogP contribution in [0.3, 0.4) is 0 Å². The Labute approximate surface area is 184 Å². The van der Waals surface area contributed by atoms with Crippen LogP contribution in [-0.4, -0.2) is 46.2 Å². The number of hydrogen-bond acceptors (Lipinski definition) is 3. The minimum absolute atomic E-state index is 0.0191. The predicted octanol–water partition coefficient (Wildman–Crippen LogP) is 1.89. The van der Waals surface area contributed by atoms with Crippen LogP contribution in [0.1, 0.15) is 30.4 Å². The van der Waals surface area contributed by atoms with E-state index in [9.17, 15) is 31.5 Å². The summed E-state index contributed by atoms with van der Waals surface area (Å²) in [4.78, 5) is 26.8. The number of carbonyl (C=O) groups is 2. The van der Waals surface area contributed by atoms with Crippen LogP contribution in [0.5, 0.6) is 0 Å². The summed E-state index contributed by atoms with van der Waals surface area (Å²) >= 11 is 0. The van der Waals surface area contributed by atoms with Crippen molar-refractivity contribution in [1.82, 2.24) is 20.4 Å². The van der Waals surface area contributed by atoms with Crippen molar-refractivity contribution >= 4 is 24.0 Å². The average Bonchev–Trinajstić information content (AvgIpc) is 3.18. The minimum Gasteiger partial charge on any atom is -0.343 e. The quantitative estimate of drug-likeness (QED) is 0.679. The first-order valence-electron chi connectivity index (χ1n) is 9.99. The van der Waals surface area contributed by atoms with Gasteiger partial charge in [0.15, 0.2) is 0 Å². The number of rotatable bonds is 3. The molecule has 2 heterocycles. The number of H-pyrrole nitrogens is 1. The lowest BCUT2D eigenvalue weighted by Gasteiger charge is -2.33. The van der Waals surface area contributed by atoms with Gasteiger partial charge in [-0.1, -0.05) is 6.07 Å². The van der Waals surface area contributed by atoms with Crippen LogP contribution in [-0.2, 0) is 15.8 Å². The first kappa shape index (κ1) is 22.7. The highest BCUT2D eigenvalue weighted by Crippen LogP contribution is 2.39. The molecule has 33 heavy (non-hydrogen) atoms. The second-order valence-electron chi connectivity index (χ2n) is 7.96. The van der Waals surface area contributed by atoms with Crippen molar-refractivity contribution in [2.75, 3.05) is 7.05 Å². The molecule has 3 unspecified atom stereocenters. The number of fused-ring (bicyclic) bond motifs is 1. The van der Waals surface area contributed by atoms with Gasteiger partial charge in [0.25, 0.3) is 0 Å². The molecule has 0 spiro atoms. The van der Waals surface area contributed by atoms with E-state index < -0.39 is 47.5 Å². The van der Waals surface area contributed by atoms with Gasteiger partial charge in [-0.25, -0.2) is 8.78 Å². The molecule has 1 aliphatic carbocycles. The van der Waals surface area contributed by atoms with E-state index in [4.69, 9.17) is 0 Å². The molecule has 0 radical (unpaired) electrons. The number of alkyl halides is 4. The van der Waals surface area contributed by atoms with Gasteiger partial charge < -0.3 is 10.2 Å². The highest BCUT2D eigenvalue weighted by atomic mass is 19.4. The van der Waals surface area contributed by atoms with Crippen LogP contribution in [0, 0.1) is 5.82 Å². The Morgan fingerprint density at radius 3 is 2.67 bits per heavy atom. The minimum atomic E-state index is -4.75. The summed E-state index contributed by atoms with van der Waals surface area (Å²) in [5.74, 6) is -3.50. The molecule has 11 heteroatoms. The van der Waals surface area contributed by atoms with E-state index in [1.807, 2.05) is 0 Å². The maximum absolute atomic E-state index is 14.7. The van der Waals surface area contributed by atoms with Crippen LogP contribution in [0.2, 0.25) is 0 Å². The maximum Gasteiger partial charge on any atom is 0.416 e. The number of halogens is 5. The van der Waals surface area contributed by atoms with E-state index in [0.717, 1.165) is 6.07 Å². The smallest absolute Gasteiger partial charge is 0.343 e. The Kier molecular flexibility index (Phi) is 5.59. The molecule has 2 amide bonds. The van der Waals surface area contributed by atoms with E-state index in [0.29, 0.717) is 22.7 Å². The highest BCUT2D eigenvalue weighted by molar-refractivity contribution is 5.99. The molecule has 2 aliphatic rings. The molecule has 2 N–H and O–H groups in total. The molecule has 1 aliphatic heterocycles. The number of aromatic amines is 1. The highest BCUT2D eigenvalue weighted by Gasteiger charge is 2.38. The van der Waals surface area contributed by atoms with Crippen LogP contribution < -0.4 is 15.9 Å². The summed E-state index contributed by atoms with van der Waals surface area (Å²) in [5, 5.41) is 10.0. The standard InChI is InChI=1S/C22H19F5N4O2/c1-10-20(21(33)29-18-5-11-9-28-30-17(11)8-16(18)24)14(7-19(32)31(10)2)13-4-3-12(6-15(13)23)22(25,26)27/h3-6,8-9,14,16,18,30H,7H2,1-2H3,(H,29,33). The summed E-state index contributed by atoms with van der Waals surface area (Å²) in [6, 6.07) is 0.917. The topological polar surface area (TPSA) is 78.1 Å². The third-order valence-corrected chi connectivity index (χ3v) is 5.97. The number of allylic oxidation sites excluding steroid dienone is 1. The monoisotopic (exact) mass is 466 g/mol. The number of carbonyl (C=O) groups excluding carboxylic acids is 2. The van der Waals surface area contributed by atoms with Gasteiger partial charge in [-0.15, -0.1) is 0 Å². The van der Waals surface area contributed by atoms with Crippen molar-refractivity contribution in [2.24, 2.45) is 0 Å². The summed E-state index contributed by atoms with van der Waals surface area (Å²) < 4.78 is 68.2. The molecule has 3 atom stereocenters. The van der Waals surface area contributed by atoms with E-state index in [2.05, 4.69) is 15.5 Å². The zero-order chi connectivity index (χ0) is 24.1. The van der Waals surface area contributed by atoms with Crippen LogP contribution in [0.25, 0.3) is 12.2 Å². The Balaban J connectivity index is 1.71. The van der Waals surface area contributed by atoms with Crippen LogP contribution in [0.4, 0.5) is 22.0 Å². The van der Waals surface area contributed by atoms with E-state index in [-0.39, 0.29) is 23.3 Å². The molecular formula is C22H19F5N4O2. The molecule has 174 valence electrons. The summed E-state index contributed by atoms with van der Waals surface area (Å²) in [6.45, 7) is 1.47. The summed E-state index contributed by atoms with van der Waals surface area (Å²) in [5.41, 5.74) is -1.22. The van der Waals surface area contributed by atoms with Crippen molar-refractivity contribution in [3.8, 4) is 0 Å². The lowest BCUT2D eigenvalue weighted by atomic mass is 9.82. The lowest BCUT2D eigenvalue weighted by molar-refractivity contribution is -0.138. The third-order valence-electron chi connectivity index (χ3n) is 5.97. The van der Waals surface area contributed by atoms with Gasteiger partial charge in [-0.05, 0) is 36.8 Å². The molecule has 1 aromatic heterocycles. The van der Waals surface area contributed by atoms with Crippen LogP contribution in [0.15, 0.2) is 35.7 Å².